The van der Waals surface area contributed by atoms with Crippen LogP contribution in [0.3, 0.4) is 0 Å². The van der Waals surface area contributed by atoms with Crippen LogP contribution in [0.1, 0.15) is 37.2 Å². The number of carbonyl (C=O) groups excluding carboxylic acids is 1. The van der Waals surface area contributed by atoms with E-state index >= 15 is 0 Å². The molecular weight excluding hydrogens is 314 g/mol. The van der Waals surface area contributed by atoms with Gasteiger partial charge in [-0.2, -0.15) is 0 Å². The predicted octanol–water partition coefficient (Wildman–Crippen LogP) is 4.75. The average Bonchev–Trinajstić information content (AvgIpc) is 3.31. The van der Waals surface area contributed by atoms with E-state index in [2.05, 4.69) is 12.1 Å². The monoisotopic (exact) mass is 337 g/mol. The van der Waals surface area contributed by atoms with Crippen molar-refractivity contribution in [3.63, 3.8) is 0 Å². The number of hydrogen-bond acceptors (Lipinski definition) is 3. The van der Waals surface area contributed by atoms with Crippen LogP contribution in [0.4, 0.5) is 10.5 Å². The molecule has 1 atom stereocenters. The number of benzene rings is 2. The molecule has 0 radical (unpaired) electrons. The van der Waals surface area contributed by atoms with Gasteiger partial charge in [-0.25, -0.2) is 4.79 Å². The Morgan fingerprint density at radius 1 is 1.00 bits per heavy atom. The molecule has 1 heterocycles. The maximum Gasteiger partial charge on any atom is 0.414 e. The summed E-state index contributed by atoms with van der Waals surface area (Å²) in [6.45, 7) is 0.890. The molecule has 130 valence electrons. The molecule has 2 aromatic carbocycles. The largest absolute Gasteiger partial charge is 0.490 e. The Morgan fingerprint density at radius 2 is 1.72 bits per heavy atom. The standard InChI is InChI=1S/C21H23NO3/c23-21-22(18-8-2-1-3-9-18)14-20(25-21)15-24-19-12-10-17(11-13-19)16-6-4-5-7-16/h1-3,8-13,16,20H,4-7,14-15H2. The topological polar surface area (TPSA) is 38.8 Å². The number of para-hydroxylation sites is 1. The molecule has 1 amide bonds. The summed E-state index contributed by atoms with van der Waals surface area (Å²) in [6.07, 6.45) is 4.72. The molecule has 1 aliphatic heterocycles. The van der Waals surface area contributed by atoms with E-state index in [9.17, 15) is 4.79 Å². The zero-order chi connectivity index (χ0) is 17.1. The summed E-state index contributed by atoms with van der Waals surface area (Å²) >= 11 is 0. The van der Waals surface area contributed by atoms with Gasteiger partial charge in [0, 0.05) is 5.69 Å². The molecule has 1 unspecified atom stereocenters. The third-order valence-electron chi connectivity index (χ3n) is 5.08. The zero-order valence-corrected chi connectivity index (χ0v) is 14.3. The molecule has 4 rings (SSSR count). The van der Waals surface area contributed by atoms with Crippen molar-refractivity contribution in [3.05, 3.63) is 60.2 Å². The number of cyclic esters (lactones) is 1. The normalized spacial score (nSPS) is 20.7. The smallest absolute Gasteiger partial charge is 0.414 e. The quantitative estimate of drug-likeness (QED) is 0.790. The van der Waals surface area contributed by atoms with Crippen LogP contribution in [0.2, 0.25) is 0 Å². The van der Waals surface area contributed by atoms with Gasteiger partial charge in [0.25, 0.3) is 0 Å². The molecule has 0 spiro atoms. The van der Waals surface area contributed by atoms with Crippen LogP contribution in [0.5, 0.6) is 5.75 Å². The minimum absolute atomic E-state index is 0.248. The van der Waals surface area contributed by atoms with Crippen molar-refractivity contribution in [2.24, 2.45) is 0 Å². The predicted molar refractivity (Wildman–Crippen MR) is 97.2 cm³/mol. The van der Waals surface area contributed by atoms with Crippen LogP contribution in [0.25, 0.3) is 0 Å². The van der Waals surface area contributed by atoms with Gasteiger partial charge in [0.15, 0.2) is 6.10 Å². The van der Waals surface area contributed by atoms with Gasteiger partial charge >= 0.3 is 6.09 Å². The first-order valence-electron chi connectivity index (χ1n) is 9.05. The fraction of sp³-hybridized carbons (Fsp3) is 0.381. The van der Waals surface area contributed by atoms with Gasteiger partial charge in [-0.1, -0.05) is 43.2 Å². The minimum Gasteiger partial charge on any atom is -0.490 e. The number of anilines is 1. The third-order valence-corrected chi connectivity index (χ3v) is 5.08. The number of ether oxygens (including phenoxy) is 2. The minimum atomic E-state index is -0.309. The van der Waals surface area contributed by atoms with Crippen molar-refractivity contribution in [3.8, 4) is 5.75 Å². The lowest BCUT2D eigenvalue weighted by atomic mass is 9.98. The average molecular weight is 337 g/mol. The Kier molecular flexibility index (Phi) is 4.59. The van der Waals surface area contributed by atoms with Crippen molar-refractivity contribution in [2.45, 2.75) is 37.7 Å². The molecule has 1 saturated carbocycles. The van der Waals surface area contributed by atoms with E-state index in [4.69, 9.17) is 9.47 Å². The Bertz CT molecular complexity index is 708. The molecular formula is C21H23NO3. The van der Waals surface area contributed by atoms with Crippen LogP contribution in [-0.2, 0) is 4.74 Å². The summed E-state index contributed by atoms with van der Waals surface area (Å²) in [6, 6.07) is 18.0. The van der Waals surface area contributed by atoms with Gasteiger partial charge < -0.3 is 9.47 Å². The van der Waals surface area contributed by atoms with Crippen LogP contribution in [0, 0.1) is 0 Å². The maximum atomic E-state index is 12.0. The van der Waals surface area contributed by atoms with Gasteiger partial charge in [0.2, 0.25) is 0 Å². The summed E-state index contributed by atoms with van der Waals surface area (Å²) in [4.78, 5) is 13.7. The van der Waals surface area contributed by atoms with Gasteiger partial charge in [0.1, 0.15) is 12.4 Å². The van der Waals surface area contributed by atoms with E-state index in [0.717, 1.165) is 11.4 Å². The second-order valence-corrected chi connectivity index (χ2v) is 6.81. The van der Waals surface area contributed by atoms with E-state index < -0.39 is 0 Å². The maximum absolute atomic E-state index is 12.0. The number of nitrogens with zero attached hydrogens (tertiary/aromatic N) is 1. The second-order valence-electron chi connectivity index (χ2n) is 6.81. The number of hydrogen-bond donors (Lipinski definition) is 0. The Hall–Kier alpha value is -2.49. The van der Waals surface area contributed by atoms with Crippen LogP contribution >= 0.6 is 0 Å². The van der Waals surface area contributed by atoms with E-state index in [1.165, 1.54) is 31.2 Å². The Morgan fingerprint density at radius 3 is 2.44 bits per heavy atom. The lowest BCUT2D eigenvalue weighted by molar-refractivity contribution is 0.105. The molecule has 2 fully saturated rings. The molecule has 1 aliphatic carbocycles. The van der Waals surface area contributed by atoms with Gasteiger partial charge in [-0.15, -0.1) is 0 Å². The first-order valence-corrected chi connectivity index (χ1v) is 9.05. The lowest BCUT2D eigenvalue weighted by Gasteiger charge is -2.14. The van der Waals surface area contributed by atoms with E-state index in [1.807, 2.05) is 42.5 Å². The number of amides is 1. The van der Waals surface area contributed by atoms with Crippen LogP contribution in [-0.4, -0.2) is 25.3 Å². The van der Waals surface area contributed by atoms with Crippen molar-refractivity contribution < 1.29 is 14.3 Å². The van der Waals surface area contributed by atoms with Gasteiger partial charge in [-0.3, -0.25) is 4.90 Å². The summed E-state index contributed by atoms with van der Waals surface area (Å²) in [5, 5.41) is 0. The molecule has 0 aromatic heterocycles. The van der Waals surface area contributed by atoms with E-state index in [-0.39, 0.29) is 12.2 Å². The molecule has 2 aliphatic rings. The SMILES string of the molecule is O=C1OC(COc2ccc(C3CCCC3)cc2)CN1c1ccccc1. The summed E-state index contributed by atoms with van der Waals surface area (Å²) in [5.74, 6) is 1.54. The summed E-state index contributed by atoms with van der Waals surface area (Å²) in [7, 11) is 0. The first kappa shape index (κ1) is 16.0. The molecule has 1 saturated heterocycles. The molecule has 4 nitrogen and oxygen atoms in total. The van der Waals surface area contributed by atoms with E-state index in [0.29, 0.717) is 19.1 Å². The van der Waals surface area contributed by atoms with Crippen molar-refractivity contribution >= 4 is 11.8 Å². The molecule has 0 bridgehead atoms. The highest BCUT2D eigenvalue weighted by Crippen LogP contribution is 2.34. The fourth-order valence-corrected chi connectivity index (χ4v) is 3.71. The number of carbonyl (C=O) groups is 1. The Balaban J connectivity index is 1.32. The fourth-order valence-electron chi connectivity index (χ4n) is 3.71. The first-order chi connectivity index (χ1) is 12.3. The summed E-state index contributed by atoms with van der Waals surface area (Å²) in [5.41, 5.74) is 2.27. The Labute approximate surface area is 148 Å². The van der Waals surface area contributed by atoms with Crippen molar-refractivity contribution in [2.75, 3.05) is 18.1 Å². The highest BCUT2D eigenvalue weighted by atomic mass is 16.6. The highest BCUT2D eigenvalue weighted by Gasteiger charge is 2.32. The van der Waals surface area contributed by atoms with Crippen molar-refractivity contribution in [1.29, 1.82) is 0 Å². The zero-order valence-electron chi connectivity index (χ0n) is 14.3. The molecule has 0 N–H and O–H groups in total. The van der Waals surface area contributed by atoms with Gasteiger partial charge in [0.05, 0.1) is 6.54 Å². The number of rotatable bonds is 5. The van der Waals surface area contributed by atoms with E-state index in [1.54, 1.807) is 4.90 Å². The molecule has 2 aromatic rings. The van der Waals surface area contributed by atoms with Crippen LogP contribution < -0.4 is 9.64 Å². The third kappa shape index (κ3) is 3.63. The molecule has 25 heavy (non-hydrogen) atoms. The second kappa shape index (κ2) is 7.18. The lowest BCUT2D eigenvalue weighted by Crippen LogP contribution is -2.26. The van der Waals surface area contributed by atoms with Gasteiger partial charge in [-0.05, 0) is 48.6 Å². The van der Waals surface area contributed by atoms with Crippen LogP contribution in [0.15, 0.2) is 54.6 Å². The molecule has 4 heteroatoms. The highest BCUT2D eigenvalue weighted by molar-refractivity contribution is 5.89. The van der Waals surface area contributed by atoms with Crippen molar-refractivity contribution in [1.82, 2.24) is 0 Å². The summed E-state index contributed by atoms with van der Waals surface area (Å²) < 4.78 is 11.3.